The zero-order valence-electron chi connectivity index (χ0n) is 11.6. The van der Waals surface area contributed by atoms with Crippen LogP contribution in [0, 0.1) is 12.3 Å². The van der Waals surface area contributed by atoms with Crippen molar-refractivity contribution in [2.24, 2.45) is 11.3 Å². The van der Waals surface area contributed by atoms with Crippen molar-refractivity contribution in [3.8, 4) is 0 Å². The van der Waals surface area contributed by atoms with Gasteiger partial charge in [-0.25, -0.2) is 10.8 Å². The van der Waals surface area contributed by atoms with Crippen molar-refractivity contribution in [2.45, 2.75) is 27.2 Å². The second kappa shape index (κ2) is 6.51. The average molecular weight is 253 g/mol. The molecule has 0 atom stereocenters. The highest BCUT2D eigenvalue weighted by molar-refractivity contribution is 5.41. The highest BCUT2D eigenvalue weighted by Gasteiger charge is 2.17. The lowest BCUT2D eigenvalue weighted by Gasteiger charge is -2.25. The summed E-state index contributed by atoms with van der Waals surface area (Å²) in [7, 11) is 1.72. The number of ether oxygens (including phenoxy) is 1. The molecular weight excluding hydrogens is 230 g/mol. The van der Waals surface area contributed by atoms with Gasteiger partial charge in [-0.05, 0) is 18.8 Å². The van der Waals surface area contributed by atoms with Crippen LogP contribution in [0.5, 0.6) is 0 Å². The molecule has 18 heavy (non-hydrogen) atoms. The molecule has 0 amide bonds. The minimum Gasteiger partial charge on any atom is -0.385 e. The van der Waals surface area contributed by atoms with E-state index in [0.29, 0.717) is 5.95 Å². The molecule has 1 heterocycles. The van der Waals surface area contributed by atoms with E-state index >= 15 is 0 Å². The summed E-state index contributed by atoms with van der Waals surface area (Å²) in [6.07, 6.45) is 0.989. The molecule has 1 aromatic rings. The van der Waals surface area contributed by atoms with Crippen molar-refractivity contribution in [3.05, 3.63) is 11.8 Å². The lowest BCUT2D eigenvalue weighted by Crippen LogP contribution is -2.25. The van der Waals surface area contributed by atoms with Crippen molar-refractivity contribution in [2.75, 3.05) is 31.0 Å². The Labute approximate surface area is 108 Å². The number of methoxy groups -OCH3 is 1. The summed E-state index contributed by atoms with van der Waals surface area (Å²) in [6, 6.07) is 1.90. The molecule has 0 saturated heterocycles. The normalized spacial score (nSPS) is 11.4. The van der Waals surface area contributed by atoms with Gasteiger partial charge in [0.25, 0.3) is 0 Å². The van der Waals surface area contributed by atoms with Crippen LogP contribution in [0.25, 0.3) is 0 Å². The van der Waals surface area contributed by atoms with Gasteiger partial charge in [0.15, 0.2) is 0 Å². The van der Waals surface area contributed by atoms with Crippen molar-refractivity contribution in [1.82, 2.24) is 9.97 Å². The Kier molecular flexibility index (Phi) is 5.30. The molecule has 6 nitrogen and oxygen atoms in total. The van der Waals surface area contributed by atoms with Gasteiger partial charge in [-0.2, -0.15) is 4.98 Å². The fourth-order valence-electron chi connectivity index (χ4n) is 1.52. The van der Waals surface area contributed by atoms with Crippen LogP contribution in [0.4, 0.5) is 11.8 Å². The Morgan fingerprint density at radius 1 is 1.39 bits per heavy atom. The molecule has 0 bridgehead atoms. The minimum atomic E-state index is 0.144. The summed E-state index contributed by atoms with van der Waals surface area (Å²) < 4.78 is 5.11. The number of hydrogen-bond donors (Lipinski definition) is 3. The topological polar surface area (TPSA) is 85.1 Å². The number of aromatic nitrogens is 2. The molecule has 0 unspecified atom stereocenters. The zero-order chi connectivity index (χ0) is 13.6. The fourth-order valence-corrected chi connectivity index (χ4v) is 1.52. The van der Waals surface area contributed by atoms with Crippen LogP contribution in [-0.2, 0) is 4.74 Å². The number of hydrogen-bond acceptors (Lipinski definition) is 6. The highest BCUT2D eigenvalue weighted by atomic mass is 16.5. The number of nitrogens with two attached hydrogens (primary N) is 1. The maximum atomic E-state index is 5.32. The first-order valence-corrected chi connectivity index (χ1v) is 6.02. The third-order valence-corrected chi connectivity index (χ3v) is 2.71. The van der Waals surface area contributed by atoms with Crippen LogP contribution < -0.4 is 16.6 Å². The van der Waals surface area contributed by atoms with Gasteiger partial charge in [-0.15, -0.1) is 0 Å². The molecule has 0 aromatic carbocycles. The van der Waals surface area contributed by atoms with Gasteiger partial charge in [0.2, 0.25) is 5.95 Å². The minimum absolute atomic E-state index is 0.144. The van der Waals surface area contributed by atoms with Crippen LogP contribution in [-0.4, -0.2) is 30.2 Å². The third kappa shape index (κ3) is 4.85. The fraction of sp³-hybridized carbons (Fsp3) is 0.667. The molecule has 0 aliphatic carbocycles. The van der Waals surface area contributed by atoms with Crippen molar-refractivity contribution >= 4 is 11.8 Å². The van der Waals surface area contributed by atoms with Crippen molar-refractivity contribution in [3.63, 3.8) is 0 Å². The summed E-state index contributed by atoms with van der Waals surface area (Å²) in [6.45, 7) is 7.86. The molecule has 0 spiro atoms. The number of nitrogens with one attached hydrogen (secondary N) is 2. The Hall–Kier alpha value is -1.40. The Bertz CT molecular complexity index is 381. The first-order chi connectivity index (χ1) is 8.46. The quantitative estimate of drug-likeness (QED) is 0.505. The number of hydrazine groups is 1. The maximum absolute atomic E-state index is 5.32. The number of aryl methyl sites for hydroxylation is 1. The first kappa shape index (κ1) is 14.7. The van der Waals surface area contributed by atoms with Crippen LogP contribution in [0.15, 0.2) is 6.07 Å². The molecule has 0 fully saturated rings. The first-order valence-electron chi connectivity index (χ1n) is 6.02. The summed E-state index contributed by atoms with van der Waals surface area (Å²) >= 11 is 0. The van der Waals surface area contributed by atoms with Crippen molar-refractivity contribution < 1.29 is 4.74 Å². The largest absolute Gasteiger partial charge is 0.385 e. The Morgan fingerprint density at radius 3 is 2.72 bits per heavy atom. The maximum Gasteiger partial charge on any atom is 0.239 e. The van der Waals surface area contributed by atoms with E-state index < -0.39 is 0 Å². The summed E-state index contributed by atoms with van der Waals surface area (Å²) in [5.41, 5.74) is 3.47. The summed E-state index contributed by atoms with van der Waals surface area (Å²) in [4.78, 5) is 8.38. The number of rotatable bonds is 7. The lowest BCUT2D eigenvalue weighted by molar-refractivity contribution is 0.157. The zero-order valence-corrected chi connectivity index (χ0v) is 11.6. The molecule has 1 aromatic heterocycles. The van der Waals surface area contributed by atoms with E-state index in [1.54, 1.807) is 7.11 Å². The van der Waals surface area contributed by atoms with Gasteiger partial charge in [0.1, 0.15) is 5.82 Å². The van der Waals surface area contributed by atoms with Crippen LogP contribution in [0.3, 0.4) is 0 Å². The second-order valence-electron chi connectivity index (χ2n) is 5.12. The lowest BCUT2D eigenvalue weighted by atomic mass is 9.90. The van der Waals surface area contributed by atoms with E-state index in [1.807, 2.05) is 13.0 Å². The van der Waals surface area contributed by atoms with E-state index in [4.69, 9.17) is 10.6 Å². The van der Waals surface area contributed by atoms with Crippen LogP contribution in [0.1, 0.15) is 26.0 Å². The predicted molar refractivity (Wildman–Crippen MR) is 73.3 cm³/mol. The van der Waals surface area contributed by atoms with E-state index in [0.717, 1.165) is 31.1 Å². The molecule has 0 radical (unpaired) electrons. The molecule has 4 N–H and O–H groups in total. The predicted octanol–water partition coefficient (Wildman–Crippen LogP) is 1.55. The number of anilines is 2. The SMILES string of the molecule is COCCC(C)(C)CNc1cc(C)nc(NN)n1. The third-order valence-electron chi connectivity index (χ3n) is 2.71. The Morgan fingerprint density at radius 2 is 2.11 bits per heavy atom. The molecule has 0 saturated carbocycles. The molecule has 0 aliphatic heterocycles. The summed E-state index contributed by atoms with van der Waals surface area (Å²) in [5, 5.41) is 3.31. The second-order valence-corrected chi connectivity index (χ2v) is 5.12. The van der Waals surface area contributed by atoms with Gasteiger partial charge in [-0.3, -0.25) is 5.43 Å². The van der Waals surface area contributed by atoms with Gasteiger partial charge < -0.3 is 10.1 Å². The molecule has 102 valence electrons. The van der Waals surface area contributed by atoms with Gasteiger partial charge in [-0.1, -0.05) is 13.8 Å². The molecule has 1 rings (SSSR count). The number of nitrogen functional groups attached to an aromatic ring is 1. The molecular formula is C12H23N5O. The standard InChI is InChI=1S/C12H23N5O/c1-9-7-10(16-11(15-9)17-13)14-8-12(2,3)5-6-18-4/h7H,5-6,8,13H2,1-4H3,(H2,14,15,16,17). The van der Waals surface area contributed by atoms with Crippen molar-refractivity contribution in [1.29, 1.82) is 0 Å². The van der Waals surface area contributed by atoms with Gasteiger partial charge >= 0.3 is 0 Å². The highest BCUT2D eigenvalue weighted by Crippen LogP contribution is 2.21. The van der Waals surface area contributed by atoms with E-state index in [9.17, 15) is 0 Å². The van der Waals surface area contributed by atoms with E-state index in [-0.39, 0.29) is 5.41 Å². The van der Waals surface area contributed by atoms with Gasteiger partial charge in [0.05, 0.1) is 0 Å². The molecule has 6 heteroatoms. The van der Waals surface area contributed by atoms with E-state index in [1.165, 1.54) is 0 Å². The average Bonchev–Trinajstić information content (AvgIpc) is 2.33. The van der Waals surface area contributed by atoms with E-state index in [2.05, 4.69) is 34.6 Å². The smallest absolute Gasteiger partial charge is 0.239 e. The number of nitrogens with zero attached hydrogens (tertiary/aromatic N) is 2. The summed E-state index contributed by atoms with van der Waals surface area (Å²) in [5.74, 6) is 6.52. The van der Waals surface area contributed by atoms with Gasteiger partial charge in [0, 0.05) is 32.0 Å². The monoisotopic (exact) mass is 253 g/mol. The molecule has 0 aliphatic rings. The van der Waals surface area contributed by atoms with Crippen LogP contribution >= 0.6 is 0 Å². The van der Waals surface area contributed by atoms with Crippen LogP contribution in [0.2, 0.25) is 0 Å². The Balaban J connectivity index is 2.59.